The van der Waals surface area contributed by atoms with Crippen LogP contribution in [-0.4, -0.2) is 24.6 Å². The number of aromatic nitrogens is 1. The Kier molecular flexibility index (Phi) is 6.08. The van der Waals surface area contributed by atoms with Crippen LogP contribution < -0.4 is 10.2 Å². The van der Waals surface area contributed by atoms with Gasteiger partial charge in [0, 0.05) is 29.3 Å². The molecule has 0 radical (unpaired) electrons. The number of nitrogens with zero attached hydrogens (tertiary/aromatic N) is 2. The second-order valence-electron chi connectivity index (χ2n) is 6.19. The predicted octanol–water partition coefficient (Wildman–Crippen LogP) is 3.44. The fourth-order valence-electron chi connectivity index (χ4n) is 2.33. The minimum Gasteiger partial charge on any atom is -0.345 e. The highest BCUT2D eigenvalue weighted by atomic mass is 79.9. The van der Waals surface area contributed by atoms with Gasteiger partial charge in [-0.1, -0.05) is 19.8 Å². The molecule has 2 rings (SSSR count). The van der Waals surface area contributed by atoms with Crippen LogP contribution in [0, 0.1) is 24.2 Å². The third kappa shape index (κ3) is 5.33. The molecule has 0 aliphatic heterocycles. The highest BCUT2D eigenvalue weighted by Gasteiger charge is 2.25. The number of rotatable bonds is 8. The molecule has 0 bridgehead atoms. The zero-order chi connectivity index (χ0) is 15.2. The van der Waals surface area contributed by atoms with Gasteiger partial charge in [0.1, 0.15) is 5.82 Å². The first-order valence-electron chi connectivity index (χ1n) is 7.63. The maximum atomic E-state index is 5.54. The van der Waals surface area contributed by atoms with Gasteiger partial charge in [0.25, 0.3) is 0 Å². The van der Waals surface area contributed by atoms with E-state index in [0.717, 1.165) is 35.8 Å². The lowest BCUT2D eigenvalue weighted by Crippen LogP contribution is -2.29. The van der Waals surface area contributed by atoms with Gasteiger partial charge in [-0.3, -0.25) is 0 Å². The first-order chi connectivity index (χ1) is 10.1. The highest BCUT2D eigenvalue weighted by Crippen LogP contribution is 2.32. The molecule has 21 heavy (non-hydrogen) atoms. The number of halogens is 1. The number of pyridine rings is 1. The molecule has 114 valence electrons. The lowest BCUT2D eigenvalue weighted by atomic mass is 10.2. The van der Waals surface area contributed by atoms with Crippen molar-refractivity contribution in [2.45, 2.75) is 33.2 Å². The van der Waals surface area contributed by atoms with E-state index < -0.39 is 0 Å². The van der Waals surface area contributed by atoms with Crippen LogP contribution >= 0.6 is 15.9 Å². The number of anilines is 1. The van der Waals surface area contributed by atoms with Gasteiger partial charge in [-0.15, -0.1) is 6.42 Å². The van der Waals surface area contributed by atoms with E-state index in [-0.39, 0.29) is 0 Å². The van der Waals surface area contributed by atoms with Crippen LogP contribution in [0.15, 0.2) is 16.7 Å². The number of hydrogen-bond donors (Lipinski definition) is 1. The molecule has 1 aromatic rings. The van der Waals surface area contributed by atoms with Crippen molar-refractivity contribution < 1.29 is 0 Å². The summed E-state index contributed by atoms with van der Waals surface area (Å²) in [5.74, 6) is 5.23. The zero-order valence-electron chi connectivity index (χ0n) is 12.9. The molecule has 0 spiro atoms. The summed E-state index contributed by atoms with van der Waals surface area (Å²) in [6.45, 7) is 7.91. The number of nitrogens with one attached hydrogen (secondary N) is 1. The van der Waals surface area contributed by atoms with E-state index in [0.29, 0.717) is 12.5 Å². The van der Waals surface area contributed by atoms with Crippen LogP contribution in [0.3, 0.4) is 0 Å². The van der Waals surface area contributed by atoms with Gasteiger partial charge in [-0.25, -0.2) is 4.98 Å². The number of hydrogen-bond acceptors (Lipinski definition) is 3. The maximum absolute atomic E-state index is 5.54. The van der Waals surface area contributed by atoms with Crippen molar-refractivity contribution >= 4 is 21.7 Å². The summed E-state index contributed by atoms with van der Waals surface area (Å²) in [5, 5.41) is 3.50. The summed E-state index contributed by atoms with van der Waals surface area (Å²) in [6.07, 6.45) is 10.0. The number of terminal acetylenes is 1. The monoisotopic (exact) mass is 349 g/mol. The Morgan fingerprint density at radius 3 is 2.90 bits per heavy atom. The topological polar surface area (TPSA) is 28.2 Å². The molecule has 0 aromatic carbocycles. The van der Waals surface area contributed by atoms with Crippen molar-refractivity contribution in [2.75, 3.05) is 24.5 Å². The molecule has 1 fully saturated rings. The van der Waals surface area contributed by atoms with Gasteiger partial charge >= 0.3 is 0 Å². The van der Waals surface area contributed by atoms with Crippen LogP contribution in [0.25, 0.3) is 0 Å². The Morgan fingerprint density at radius 1 is 1.52 bits per heavy atom. The van der Waals surface area contributed by atoms with Crippen LogP contribution in [-0.2, 0) is 6.54 Å². The molecular weight excluding hydrogens is 326 g/mol. The van der Waals surface area contributed by atoms with Crippen molar-refractivity contribution in [3.8, 4) is 12.3 Å². The van der Waals surface area contributed by atoms with Gasteiger partial charge in [-0.2, -0.15) is 0 Å². The Bertz CT molecular complexity index is 503. The summed E-state index contributed by atoms with van der Waals surface area (Å²) in [7, 11) is 0. The minimum absolute atomic E-state index is 0.627. The van der Waals surface area contributed by atoms with E-state index in [1.807, 2.05) is 6.20 Å². The average Bonchev–Trinajstić information content (AvgIpc) is 3.22. The zero-order valence-corrected chi connectivity index (χ0v) is 14.5. The predicted molar refractivity (Wildman–Crippen MR) is 92.3 cm³/mol. The second-order valence-corrected chi connectivity index (χ2v) is 7.10. The van der Waals surface area contributed by atoms with E-state index in [4.69, 9.17) is 6.42 Å². The summed E-state index contributed by atoms with van der Waals surface area (Å²) in [4.78, 5) is 6.87. The maximum Gasteiger partial charge on any atom is 0.133 e. The Morgan fingerprint density at radius 2 is 2.29 bits per heavy atom. The van der Waals surface area contributed by atoms with E-state index >= 15 is 0 Å². The van der Waals surface area contributed by atoms with E-state index in [2.05, 4.69) is 57.0 Å². The Hall–Kier alpha value is -1.05. The normalized spacial score (nSPS) is 14.2. The van der Waals surface area contributed by atoms with Crippen molar-refractivity contribution in [2.24, 2.45) is 11.8 Å². The van der Waals surface area contributed by atoms with Gasteiger partial charge in [0.05, 0.1) is 6.54 Å². The summed E-state index contributed by atoms with van der Waals surface area (Å²) in [5.41, 5.74) is 1.21. The fourth-order valence-corrected chi connectivity index (χ4v) is 2.71. The van der Waals surface area contributed by atoms with Gasteiger partial charge in [-0.05, 0) is 53.2 Å². The fraction of sp³-hybridized carbons (Fsp3) is 0.588. The van der Waals surface area contributed by atoms with Crippen LogP contribution in [0.4, 0.5) is 5.82 Å². The average molecular weight is 350 g/mol. The molecule has 0 atom stereocenters. The minimum atomic E-state index is 0.627. The van der Waals surface area contributed by atoms with Crippen LogP contribution in [0.1, 0.15) is 32.3 Å². The lowest BCUT2D eigenvalue weighted by molar-refractivity contribution is 0.551. The molecule has 1 aromatic heterocycles. The molecule has 0 saturated heterocycles. The quantitative estimate of drug-likeness (QED) is 0.728. The molecular formula is C17H24BrN3. The van der Waals surface area contributed by atoms with Crippen LogP contribution in [0.2, 0.25) is 0 Å². The molecule has 3 nitrogen and oxygen atoms in total. The van der Waals surface area contributed by atoms with Crippen molar-refractivity contribution in [1.29, 1.82) is 0 Å². The van der Waals surface area contributed by atoms with Crippen molar-refractivity contribution in [3.05, 3.63) is 22.3 Å². The molecule has 1 aliphatic rings. The third-order valence-corrected chi connectivity index (χ3v) is 3.97. The SMILES string of the molecule is C#CCN(CC1CC1)c1ncc(Br)cc1CNCC(C)C. The molecule has 1 N–H and O–H groups in total. The first-order valence-corrected chi connectivity index (χ1v) is 8.43. The molecule has 1 aliphatic carbocycles. The molecule has 4 heteroatoms. The second kappa shape index (κ2) is 7.82. The first kappa shape index (κ1) is 16.3. The van der Waals surface area contributed by atoms with Crippen molar-refractivity contribution in [3.63, 3.8) is 0 Å². The summed E-state index contributed by atoms with van der Waals surface area (Å²) < 4.78 is 1.01. The van der Waals surface area contributed by atoms with E-state index in [1.165, 1.54) is 18.4 Å². The summed E-state index contributed by atoms with van der Waals surface area (Å²) in [6, 6.07) is 2.14. The molecule has 0 amide bonds. The Labute approximate surface area is 136 Å². The van der Waals surface area contributed by atoms with E-state index in [9.17, 15) is 0 Å². The molecule has 0 unspecified atom stereocenters. The third-order valence-electron chi connectivity index (χ3n) is 3.53. The van der Waals surface area contributed by atoms with Gasteiger partial charge < -0.3 is 10.2 Å². The summed E-state index contributed by atoms with van der Waals surface area (Å²) >= 11 is 3.52. The molecule has 1 saturated carbocycles. The highest BCUT2D eigenvalue weighted by molar-refractivity contribution is 9.10. The lowest BCUT2D eigenvalue weighted by Gasteiger charge is -2.24. The van der Waals surface area contributed by atoms with Crippen LogP contribution in [0.5, 0.6) is 0 Å². The molecule has 1 heterocycles. The van der Waals surface area contributed by atoms with E-state index in [1.54, 1.807) is 0 Å². The van der Waals surface area contributed by atoms with Crippen molar-refractivity contribution in [1.82, 2.24) is 10.3 Å². The van der Waals surface area contributed by atoms with Gasteiger partial charge in [0.15, 0.2) is 0 Å². The smallest absolute Gasteiger partial charge is 0.133 e. The largest absolute Gasteiger partial charge is 0.345 e. The Balaban J connectivity index is 2.12. The standard InChI is InChI=1S/C17H24BrN3/c1-4-7-21(12-14-5-6-14)17-15(8-16(18)11-20-17)10-19-9-13(2)3/h1,8,11,13-14,19H,5-7,9-10,12H2,2-3H3. The van der Waals surface area contributed by atoms with Gasteiger partial charge in [0.2, 0.25) is 0 Å².